The summed E-state index contributed by atoms with van der Waals surface area (Å²) in [7, 11) is 0. The zero-order valence-electron chi connectivity index (χ0n) is 11.9. The SMILES string of the molecule is O=C1NCC2CN(CC(O)CN3CCNCC3)CCN12. The number of hydrogen-bond acceptors (Lipinski definition) is 5. The normalized spacial score (nSPS) is 30.1. The quantitative estimate of drug-likeness (QED) is 0.555. The number of piperazine rings is 2. The average Bonchev–Trinajstić information content (AvgIpc) is 2.81. The van der Waals surface area contributed by atoms with Crippen molar-refractivity contribution >= 4 is 6.03 Å². The van der Waals surface area contributed by atoms with Gasteiger partial charge in [0.05, 0.1) is 12.1 Å². The summed E-state index contributed by atoms with van der Waals surface area (Å²) >= 11 is 0. The Balaban J connectivity index is 1.42. The highest BCUT2D eigenvalue weighted by atomic mass is 16.3. The number of urea groups is 1. The molecule has 2 amide bonds. The molecule has 0 aromatic heterocycles. The Hall–Kier alpha value is -0.890. The van der Waals surface area contributed by atoms with Crippen LogP contribution in [0.2, 0.25) is 0 Å². The molecule has 114 valence electrons. The van der Waals surface area contributed by atoms with E-state index in [0.717, 1.165) is 58.9 Å². The molecule has 3 fully saturated rings. The lowest BCUT2D eigenvalue weighted by molar-refractivity contribution is 0.0451. The standard InChI is InChI=1S/C13H25N5O2/c19-12(9-16-3-1-14-2-4-16)10-17-5-6-18-11(8-17)7-15-13(18)20/h11-12,14,19H,1-10H2,(H,15,20). The zero-order valence-corrected chi connectivity index (χ0v) is 11.9. The first-order valence-electron chi connectivity index (χ1n) is 7.60. The van der Waals surface area contributed by atoms with Crippen molar-refractivity contribution in [1.82, 2.24) is 25.3 Å². The number of nitrogens with one attached hydrogen (secondary N) is 2. The van der Waals surface area contributed by atoms with Crippen molar-refractivity contribution in [3.63, 3.8) is 0 Å². The Kier molecular flexibility index (Phi) is 4.40. The summed E-state index contributed by atoms with van der Waals surface area (Å²) in [5, 5.41) is 16.5. The van der Waals surface area contributed by atoms with E-state index in [1.807, 2.05) is 4.90 Å². The maximum Gasteiger partial charge on any atom is 0.317 e. The summed E-state index contributed by atoms with van der Waals surface area (Å²) in [4.78, 5) is 18.1. The first-order valence-corrected chi connectivity index (χ1v) is 7.60. The maximum absolute atomic E-state index is 11.5. The number of β-amino-alcohol motifs (C(OH)–C–C–N with tert-alkyl or cyclic N) is 1. The molecule has 20 heavy (non-hydrogen) atoms. The van der Waals surface area contributed by atoms with Gasteiger partial charge < -0.3 is 20.6 Å². The van der Waals surface area contributed by atoms with Gasteiger partial charge in [-0.05, 0) is 0 Å². The number of carbonyl (C=O) groups excluding carboxylic acids is 1. The van der Waals surface area contributed by atoms with Gasteiger partial charge in [-0.15, -0.1) is 0 Å². The third-order valence-corrected chi connectivity index (χ3v) is 4.46. The molecule has 7 heteroatoms. The third-order valence-electron chi connectivity index (χ3n) is 4.46. The number of nitrogens with zero attached hydrogens (tertiary/aromatic N) is 3. The van der Waals surface area contributed by atoms with Crippen molar-refractivity contribution in [2.24, 2.45) is 0 Å². The van der Waals surface area contributed by atoms with Gasteiger partial charge in [0.1, 0.15) is 0 Å². The van der Waals surface area contributed by atoms with Gasteiger partial charge in [-0.1, -0.05) is 0 Å². The van der Waals surface area contributed by atoms with Crippen LogP contribution in [-0.2, 0) is 0 Å². The Morgan fingerprint density at radius 2 is 1.90 bits per heavy atom. The smallest absolute Gasteiger partial charge is 0.317 e. The summed E-state index contributed by atoms with van der Waals surface area (Å²) < 4.78 is 0. The monoisotopic (exact) mass is 283 g/mol. The Morgan fingerprint density at radius 1 is 1.15 bits per heavy atom. The van der Waals surface area contributed by atoms with E-state index in [9.17, 15) is 9.90 Å². The van der Waals surface area contributed by atoms with Crippen LogP contribution in [-0.4, -0.2) is 103 Å². The molecule has 3 N–H and O–H groups in total. The fourth-order valence-electron chi connectivity index (χ4n) is 3.38. The second kappa shape index (κ2) is 6.26. The third kappa shape index (κ3) is 3.22. The second-order valence-corrected chi connectivity index (χ2v) is 6.00. The summed E-state index contributed by atoms with van der Waals surface area (Å²) in [5.41, 5.74) is 0. The average molecular weight is 283 g/mol. The van der Waals surface area contributed by atoms with Crippen molar-refractivity contribution in [3.05, 3.63) is 0 Å². The van der Waals surface area contributed by atoms with Crippen molar-refractivity contribution in [1.29, 1.82) is 0 Å². The highest BCUT2D eigenvalue weighted by Gasteiger charge is 2.35. The first kappa shape index (κ1) is 14.1. The van der Waals surface area contributed by atoms with E-state index in [1.165, 1.54) is 0 Å². The Bertz CT molecular complexity index is 348. The fourth-order valence-corrected chi connectivity index (χ4v) is 3.38. The van der Waals surface area contributed by atoms with Crippen LogP contribution in [0.15, 0.2) is 0 Å². The molecule has 3 saturated heterocycles. The molecule has 0 radical (unpaired) electrons. The first-order chi connectivity index (χ1) is 9.72. The number of aliphatic hydroxyl groups excluding tert-OH is 1. The fraction of sp³-hybridized carbons (Fsp3) is 0.923. The van der Waals surface area contributed by atoms with E-state index < -0.39 is 0 Å². The van der Waals surface area contributed by atoms with Gasteiger partial charge in [-0.25, -0.2) is 4.79 Å². The molecule has 3 heterocycles. The topological polar surface area (TPSA) is 71.1 Å². The van der Waals surface area contributed by atoms with Crippen LogP contribution in [0, 0.1) is 0 Å². The number of carbonyl (C=O) groups is 1. The minimum atomic E-state index is -0.301. The molecule has 0 spiro atoms. The van der Waals surface area contributed by atoms with Crippen LogP contribution in [0.1, 0.15) is 0 Å². The predicted octanol–water partition coefficient (Wildman–Crippen LogP) is -2.04. The van der Waals surface area contributed by atoms with Gasteiger partial charge in [-0.2, -0.15) is 0 Å². The number of hydrogen-bond donors (Lipinski definition) is 3. The van der Waals surface area contributed by atoms with Gasteiger partial charge in [0.25, 0.3) is 0 Å². The van der Waals surface area contributed by atoms with Crippen LogP contribution in [0.3, 0.4) is 0 Å². The molecule has 3 aliphatic rings. The van der Waals surface area contributed by atoms with Crippen molar-refractivity contribution < 1.29 is 9.90 Å². The Labute approximate surface area is 119 Å². The van der Waals surface area contributed by atoms with E-state index in [2.05, 4.69) is 20.4 Å². The van der Waals surface area contributed by atoms with E-state index in [4.69, 9.17) is 0 Å². The lowest BCUT2D eigenvalue weighted by Crippen LogP contribution is -2.55. The molecule has 0 bridgehead atoms. The molecule has 0 aromatic carbocycles. The molecule has 2 unspecified atom stereocenters. The highest BCUT2D eigenvalue weighted by Crippen LogP contribution is 2.14. The lowest BCUT2D eigenvalue weighted by atomic mass is 10.1. The minimum Gasteiger partial charge on any atom is -0.390 e. The summed E-state index contributed by atoms with van der Waals surface area (Å²) in [6, 6.07) is 0.346. The molecule has 2 atom stereocenters. The number of fused-ring (bicyclic) bond motifs is 1. The van der Waals surface area contributed by atoms with E-state index >= 15 is 0 Å². The van der Waals surface area contributed by atoms with Crippen molar-refractivity contribution in [3.8, 4) is 0 Å². The van der Waals surface area contributed by atoms with Crippen LogP contribution >= 0.6 is 0 Å². The molecule has 3 aliphatic heterocycles. The van der Waals surface area contributed by atoms with Crippen LogP contribution < -0.4 is 10.6 Å². The van der Waals surface area contributed by atoms with Gasteiger partial charge in [0.2, 0.25) is 0 Å². The van der Waals surface area contributed by atoms with Gasteiger partial charge in [0.15, 0.2) is 0 Å². The molecule has 0 aromatic rings. The van der Waals surface area contributed by atoms with Gasteiger partial charge in [-0.3, -0.25) is 9.80 Å². The molecule has 3 rings (SSSR count). The number of aliphatic hydroxyl groups is 1. The largest absolute Gasteiger partial charge is 0.390 e. The van der Waals surface area contributed by atoms with E-state index in [1.54, 1.807) is 0 Å². The highest BCUT2D eigenvalue weighted by molar-refractivity contribution is 5.77. The molecular weight excluding hydrogens is 258 g/mol. The minimum absolute atomic E-state index is 0.0658. The number of amides is 2. The molecule has 0 saturated carbocycles. The van der Waals surface area contributed by atoms with Crippen LogP contribution in [0.5, 0.6) is 0 Å². The van der Waals surface area contributed by atoms with Crippen molar-refractivity contribution in [2.75, 3.05) is 65.4 Å². The Morgan fingerprint density at radius 3 is 2.70 bits per heavy atom. The predicted molar refractivity (Wildman–Crippen MR) is 75.6 cm³/mol. The summed E-state index contributed by atoms with van der Waals surface area (Å²) in [6.07, 6.45) is -0.301. The van der Waals surface area contributed by atoms with Crippen LogP contribution in [0.4, 0.5) is 4.79 Å². The number of rotatable bonds is 4. The maximum atomic E-state index is 11.5. The van der Waals surface area contributed by atoms with E-state index in [-0.39, 0.29) is 18.2 Å². The molecule has 0 aliphatic carbocycles. The lowest BCUT2D eigenvalue weighted by Gasteiger charge is -2.38. The summed E-state index contributed by atoms with van der Waals surface area (Å²) in [5.74, 6) is 0. The van der Waals surface area contributed by atoms with Crippen molar-refractivity contribution in [2.45, 2.75) is 12.1 Å². The van der Waals surface area contributed by atoms with Crippen LogP contribution in [0.25, 0.3) is 0 Å². The van der Waals surface area contributed by atoms with Gasteiger partial charge >= 0.3 is 6.03 Å². The van der Waals surface area contributed by atoms with E-state index in [0.29, 0.717) is 6.54 Å². The van der Waals surface area contributed by atoms with Gasteiger partial charge in [0, 0.05) is 65.4 Å². The second-order valence-electron chi connectivity index (χ2n) is 6.00. The molecular formula is C13H25N5O2. The summed E-state index contributed by atoms with van der Waals surface area (Å²) in [6.45, 7) is 8.78. The zero-order chi connectivity index (χ0) is 13.9. The molecule has 7 nitrogen and oxygen atoms in total.